The molecule has 1 unspecified atom stereocenters. The summed E-state index contributed by atoms with van der Waals surface area (Å²) in [6.07, 6.45) is 2.23. The third-order valence-electron chi connectivity index (χ3n) is 4.14. The summed E-state index contributed by atoms with van der Waals surface area (Å²) in [7, 11) is 0. The van der Waals surface area contributed by atoms with Crippen LogP contribution in [0.25, 0.3) is 10.9 Å². The number of nitrogens with two attached hydrogens (primary N) is 1. The smallest absolute Gasteiger partial charge is 0.328 e. The molecule has 0 spiro atoms. The lowest BCUT2D eigenvalue weighted by atomic mass is 9.74. The Morgan fingerprint density at radius 1 is 1.19 bits per heavy atom. The highest BCUT2D eigenvalue weighted by Gasteiger charge is 2.34. The molecule has 0 bridgehead atoms. The van der Waals surface area contributed by atoms with Crippen molar-refractivity contribution in [3.05, 3.63) is 47.7 Å². The fourth-order valence-corrected chi connectivity index (χ4v) is 3.11. The average Bonchev–Trinajstić information content (AvgIpc) is 2.52. The first-order valence-electron chi connectivity index (χ1n) is 8.10. The van der Waals surface area contributed by atoms with Crippen molar-refractivity contribution in [3.63, 3.8) is 0 Å². The Hall–Kier alpha value is -2.93. The second-order valence-corrected chi connectivity index (χ2v) is 6.97. The van der Waals surface area contributed by atoms with Crippen LogP contribution in [0.1, 0.15) is 37.6 Å². The lowest BCUT2D eigenvalue weighted by Crippen LogP contribution is -2.27. The van der Waals surface area contributed by atoms with E-state index in [0.29, 0.717) is 17.8 Å². The number of carbonyl (C=O) groups is 2. The predicted molar refractivity (Wildman–Crippen MR) is 97.6 cm³/mol. The van der Waals surface area contributed by atoms with Crippen molar-refractivity contribution in [2.45, 2.75) is 32.8 Å². The van der Waals surface area contributed by atoms with E-state index >= 15 is 0 Å². The summed E-state index contributed by atoms with van der Waals surface area (Å²) in [4.78, 5) is 23.8. The molecule has 26 heavy (non-hydrogen) atoms. The van der Waals surface area contributed by atoms with Crippen molar-refractivity contribution in [3.8, 4) is 0 Å². The molecule has 0 saturated heterocycles. The van der Waals surface area contributed by atoms with Gasteiger partial charge in [-0.3, -0.25) is 4.98 Å². The fraction of sp³-hybridized carbons (Fsp3) is 0.316. The fourth-order valence-electron chi connectivity index (χ4n) is 3.11. The number of rotatable bonds is 2. The number of aromatic nitrogens is 1. The molecule has 138 valence electrons. The molecule has 1 heterocycles. The van der Waals surface area contributed by atoms with Crippen LogP contribution >= 0.6 is 0 Å². The Morgan fingerprint density at radius 3 is 2.35 bits per heavy atom. The summed E-state index contributed by atoms with van der Waals surface area (Å²) in [6.45, 7) is 4.32. The van der Waals surface area contributed by atoms with Gasteiger partial charge in [-0.25, -0.2) is 9.59 Å². The minimum Gasteiger partial charge on any atom is -0.478 e. The van der Waals surface area contributed by atoms with Gasteiger partial charge in [-0.2, -0.15) is 0 Å². The topological polar surface area (TPSA) is 134 Å². The average molecular weight is 358 g/mol. The molecule has 1 aromatic carbocycles. The number of hydrogen-bond acceptors (Lipinski definition) is 5. The monoisotopic (exact) mass is 358 g/mol. The van der Waals surface area contributed by atoms with Gasteiger partial charge in [-0.05, 0) is 24.3 Å². The summed E-state index contributed by atoms with van der Waals surface area (Å²) in [6, 6.07) is 7.85. The molecule has 7 nitrogen and oxygen atoms in total. The molecular weight excluding hydrogens is 336 g/mol. The third kappa shape index (κ3) is 4.58. The van der Waals surface area contributed by atoms with E-state index in [0.717, 1.165) is 35.0 Å². The standard InChI is InChI=1S/C15H18N2O.C4H4O4/c1-15(2)7-11-13(12(18)8-15)14(16)9-5-3-4-6-10(9)17-11;5-3(6)1-2-4(7)8/h3-6,12,18H,7-8H2,1-2H3,(H2,16,17);1-2H,(H,5,6)(H,7,8)/b;2-1+. The van der Waals surface area contributed by atoms with Gasteiger partial charge in [-0.1, -0.05) is 32.0 Å². The molecule has 0 fully saturated rings. The Balaban J connectivity index is 0.000000260. The number of anilines is 1. The van der Waals surface area contributed by atoms with Crippen LogP contribution in [0.15, 0.2) is 36.4 Å². The minimum atomic E-state index is -1.26. The highest BCUT2D eigenvalue weighted by molar-refractivity contribution is 5.92. The van der Waals surface area contributed by atoms with Crippen molar-refractivity contribution < 1.29 is 24.9 Å². The van der Waals surface area contributed by atoms with Crippen LogP contribution in [0.2, 0.25) is 0 Å². The number of fused-ring (bicyclic) bond motifs is 2. The van der Waals surface area contributed by atoms with Crippen LogP contribution in [0, 0.1) is 5.41 Å². The van der Waals surface area contributed by atoms with Crippen molar-refractivity contribution in [2.75, 3.05) is 5.73 Å². The van der Waals surface area contributed by atoms with Gasteiger partial charge >= 0.3 is 11.9 Å². The van der Waals surface area contributed by atoms with Crippen LogP contribution in [0.4, 0.5) is 5.69 Å². The number of benzene rings is 1. The number of aliphatic hydroxyl groups excluding tert-OH is 1. The number of carboxylic acid groups (broad SMARTS) is 2. The maximum Gasteiger partial charge on any atom is 0.328 e. The molecule has 5 N–H and O–H groups in total. The second kappa shape index (κ2) is 7.53. The molecule has 1 aromatic heterocycles. The summed E-state index contributed by atoms with van der Waals surface area (Å²) in [5, 5.41) is 26.9. The SMILES string of the molecule is CC1(C)Cc2nc3ccccc3c(N)c2C(O)C1.O=C(O)/C=C/C(=O)O. The maximum absolute atomic E-state index is 10.3. The quantitative estimate of drug-likeness (QED) is 0.606. The zero-order valence-electron chi connectivity index (χ0n) is 14.6. The molecule has 0 radical (unpaired) electrons. The first-order valence-corrected chi connectivity index (χ1v) is 8.10. The number of carboxylic acids is 2. The zero-order chi connectivity index (χ0) is 19.5. The highest BCUT2D eigenvalue weighted by atomic mass is 16.4. The van der Waals surface area contributed by atoms with Crippen LogP contribution in [-0.2, 0) is 16.0 Å². The first kappa shape index (κ1) is 19.4. The van der Waals surface area contributed by atoms with Gasteiger partial charge < -0.3 is 21.1 Å². The molecule has 0 saturated carbocycles. The molecule has 1 aliphatic rings. The van der Waals surface area contributed by atoms with E-state index in [1.165, 1.54) is 0 Å². The Bertz CT molecular complexity index is 858. The van der Waals surface area contributed by atoms with Crippen LogP contribution in [-0.4, -0.2) is 32.2 Å². The largest absolute Gasteiger partial charge is 0.478 e. The van der Waals surface area contributed by atoms with Crippen LogP contribution in [0.3, 0.4) is 0 Å². The number of aliphatic hydroxyl groups is 1. The Morgan fingerprint density at radius 2 is 1.77 bits per heavy atom. The number of nitrogen functional groups attached to an aromatic ring is 1. The lowest BCUT2D eigenvalue weighted by molar-refractivity contribution is -0.134. The minimum absolute atomic E-state index is 0.0777. The first-order chi connectivity index (χ1) is 12.1. The maximum atomic E-state index is 10.3. The Labute approximate surface area is 150 Å². The van der Waals surface area contributed by atoms with Gasteiger partial charge in [0.05, 0.1) is 11.6 Å². The van der Waals surface area contributed by atoms with E-state index in [1.54, 1.807) is 0 Å². The highest BCUT2D eigenvalue weighted by Crippen LogP contribution is 2.43. The van der Waals surface area contributed by atoms with Gasteiger partial charge in [0, 0.05) is 34.5 Å². The van der Waals surface area contributed by atoms with Crippen LogP contribution < -0.4 is 5.73 Å². The molecule has 1 atom stereocenters. The van der Waals surface area contributed by atoms with Crippen molar-refractivity contribution in [2.24, 2.45) is 5.41 Å². The molecule has 7 heteroatoms. The molecule has 0 amide bonds. The van der Waals surface area contributed by atoms with E-state index < -0.39 is 18.0 Å². The second-order valence-electron chi connectivity index (χ2n) is 6.97. The van der Waals surface area contributed by atoms with E-state index in [4.69, 9.17) is 15.9 Å². The summed E-state index contributed by atoms with van der Waals surface area (Å²) in [5.41, 5.74) is 9.70. The zero-order valence-corrected chi connectivity index (χ0v) is 14.6. The number of para-hydroxylation sites is 1. The predicted octanol–water partition coefficient (Wildman–Crippen LogP) is 2.53. The third-order valence-corrected chi connectivity index (χ3v) is 4.14. The Kier molecular flexibility index (Phi) is 5.62. The van der Waals surface area contributed by atoms with E-state index in [-0.39, 0.29) is 5.41 Å². The summed E-state index contributed by atoms with van der Waals surface area (Å²) < 4.78 is 0. The number of nitrogens with zero attached hydrogens (tertiary/aromatic N) is 1. The summed E-state index contributed by atoms with van der Waals surface area (Å²) in [5.74, 6) is -2.51. The normalized spacial score (nSPS) is 18.0. The van der Waals surface area contributed by atoms with E-state index in [1.807, 2.05) is 24.3 Å². The van der Waals surface area contributed by atoms with E-state index in [9.17, 15) is 14.7 Å². The lowest BCUT2D eigenvalue weighted by Gasteiger charge is -2.34. The number of hydrogen-bond donors (Lipinski definition) is 4. The molecule has 1 aliphatic carbocycles. The van der Waals surface area contributed by atoms with Crippen molar-refractivity contribution >= 4 is 28.5 Å². The van der Waals surface area contributed by atoms with Crippen molar-refractivity contribution in [1.82, 2.24) is 4.98 Å². The molecule has 3 rings (SSSR count). The number of pyridine rings is 1. The van der Waals surface area contributed by atoms with Crippen molar-refractivity contribution in [1.29, 1.82) is 0 Å². The van der Waals surface area contributed by atoms with Gasteiger partial charge in [0.2, 0.25) is 0 Å². The summed E-state index contributed by atoms with van der Waals surface area (Å²) >= 11 is 0. The van der Waals surface area contributed by atoms with Crippen LogP contribution in [0.5, 0.6) is 0 Å². The van der Waals surface area contributed by atoms with Gasteiger partial charge in [0.15, 0.2) is 0 Å². The van der Waals surface area contributed by atoms with Gasteiger partial charge in [0.1, 0.15) is 0 Å². The molecule has 2 aromatic rings. The van der Waals surface area contributed by atoms with Gasteiger partial charge in [-0.15, -0.1) is 0 Å². The molecular formula is C19H22N2O5. The van der Waals surface area contributed by atoms with E-state index in [2.05, 4.69) is 18.8 Å². The number of aliphatic carboxylic acids is 2. The van der Waals surface area contributed by atoms with Gasteiger partial charge in [0.25, 0.3) is 0 Å². The molecule has 0 aliphatic heterocycles.